The number of para-hydroxylation sites is 1. The first-order valence-corrected chi connectivity index (χ1v) is 9.99. The van der Waals surface area contributed by atoms with E-state index in [4.69, 9.17) is 34.3 Å². The van der Waals surface area contributed by atoms with Crippen LogP contribution in [0.1, 0.15) is 5.56 Å². The van der Waals surface area contributed by atoms with Gasteiger partial charge in [-0.1, -0.05) is 53.8 Å². The molecule has 2 aromatic carbocycles. The minimum Gasteiger partial charge on any atom is -0.483 e. The molecule has 138 valence electrons. The summed E-state index contributed by atoms with van der Waals surface area (Å²) in [6.07, 6.45) is 1.68. The van der Waals surface area contributed by atoms with E-state index >= 15 is 0 Å². The highest BCUT2D eigenvalue weighted by Gasteiger charge is 2.33. The van der Waals surface area contributed by atoms with Gasteiger partial charge in [-0.25, -0.2) is 0 Å². The zero-order chi connectivity index (χ0) is 19.6. The molecule has 0 aliphatic carbocycles. The van der Waals surface area contributed by atoms with Crippen molar-refractivity contribution in [3.8, 4) is 5.75 Å². The van der Waals surface area contributed by atoms with Crippen LogP contribution >= 0.6 is 51.5 Å². The first-order chi connectivity index (χ1) is 12.9. The number of carbonyl (C=O) groups excluding carboxylic acids is 2. The third-order valence-corrected chi connectivity index (χ3v) is 6.07. The van der Waals surface area contributed by atoms with Crippen LogP contribution < -0.4 is 15.4 Å². The number of thioether (sulfide) groups is 1. The lowest BCUT2D eigenvalue weighted by molar-refractivity contribution is -0.120. The molecule has 0 aromatic heterocycles. The Morgan fingerprint density at radius 2 is 2.07 bits per heavy atom. The van der Waals surface area contributed by atoms with Gasteiger partial charge in [0.25, 0.3) is 11.8 Å². The van der Waals surface area contributed by atoms with Gasteiger partial charge in [-0.2, -0.15) is 0 Å². The number of rotatable bonds is 5. The fourth-order valence-corrected chi connectivity index (χ4v) is 4.05. The molecule has 27 heavy (non-hydrogen) atoms. The molecule has 0 unspecified atom stereocenters. The molecule has 1 saturated heterocycles. The van der Waals surface area contributed by atoms with E-state index in [0.29, 0.717) is 31.2 Å². The minimum atomic E-state index is -0.580. The monoisotopic (exact) mass is 482 g/mol. The molecule has 5 nitrogen and oxygen atoms in total. The number of hydrogen-bond donors (Lipinski definition) is 1. The second-order valence-electron chi connectivity index (χ2n) is 5.41. The van der Waals surface area contributed by atoms with Crippen LogP contribution in [0.15, 0.2) is 51.8 Å². The molecule has 0 saturated carbocycles. The number of nitrogens with zero attached hydrogens (tertiary/aromatic N) is 1. The van der Waals surface area contributed by atoms with Crippen molar-refractivity contribution >= 4 is 79.4 Å². The number of halogens is 2. The number of anilines is 1. The molecular formula is C18H12BrClN2O3S2. The Labute approximate surface area is 178 Å². The average molecular weight is 484 g/mol. The number of ether oxygens (including phenoxy) is 1. The SMILES string of the molecule is NC(=O)COc1ccccc1C=C1SC(=S)N(c2ccc(Br)c(Cl)c2)C1=O. The highest BCUT2D eigenvalue weighted by Crippen LogP contribution is 2.38. The van der Waals surface area contributed by atoms with Crippen molar-refractivity contribution in [2.75, 3.05) is 11.5 Å². The van der Waals surface area contributed by atoms with Gasteiger partial charge < -0.3 is 10.5 Å². The molecule has 1 heterocycles. The van der Waals surface area contributed by atoms with E-state index in [9.17, 15) is 9.59 Å². The molecule has 3 rings (SSSR count). The maximum Gasteiger partial charge on any atom is 0.270 e. The van der Waals surface area contributed by atoms with E-state index in [-0.39, 0.29) is 12.5 Å². The van der Waals surface area contributed by atoms with Gasteiger partial charge >= 0.3 is 0 Å². The van der Waals surface area contributed by atoms with E-state index in [1.165, 1.54) is 16.7 Å². The predicted octanol–water partition coefficient (Wildman–Crippen LogP) is 4.37. The highest BCUT2D eigenvalue weighted by molar-refractivity contribution is 9.10. The lowest BCUT2D eigenvalue weighted by Gasteiger charge is -2.15. The smallest absolute Gasteiger partial charge is 0.270 e. The van der Waals surface area contributed by atoms with Gasteiger partial charge in [-0.3, -0.25) is 14.5 Å². The molecule has 9 heteroatoms. The lowest BCUT2D eigenvalue weighted by Crippen LogP contribution is -2.27. The second kappa shape index (κ2) is 8.43. The van der Waals surface area contributed by atoms with E-state index in [2.05, 4.69) is 15.9 Å². The summed E-state index contributed by atoms with van der Waals surface area (Å²) in [6, 6.07) is 12.2. The topological polar surface area (TPSA) is 72.6 Å². The van der Waals surface area contributed by atoms with Gasteiger partial charge in [0.15, 0.2) is 10.9 Å². The van der Waals surface area contributed by atoms with Gasteiger partial charge in [0.05, 0.1) is 15.6 Å². The predicted molar refractivity (Wildman–Crippen MR) is 116 cm³/mol. The molecule has 2 amide bonds. The zero-order valence-electron chi connectivity index (χ0n) is 13.6. The van der Waals surface area contributed by atoms with E-state index < -0.39 is 5.91 Å². The summed E-state index contributed by atoms with van der Waals surface area (Å²) in [6.45, 7) is -0.247. The molecule has 2 N–H and O–H groups in total. The molecule has 1 aliphatic heterocycles. The maximum absolute atomic E-state index is 12.9. The van der Waals surface area contributed by atoms with Crippen molar-refractivity contribution < 1.29 is 14.3 Å². The highest BCUT2D eigenvalue weighted by atomic mass is 79.9. The fourth-order valence-electron chi connectivity index (χ4n) is 2.34. The summed E-state index contributed by atoms with van der Waals surface area (Å²) in [5.41, 5.74) is 6.36. The number of carbonyl (C=O) groups is 2. The Morgan fingerprint density at radius 1 is 1.33 bits per heavy atom. The molecular weight excluding hydrogens is 472 g/mol. The van der Waals surface area contributed by atoms with Crippen LogP contribution in [0.4, 0.5) is 5.69 Å². The number of hydrogen-bond acceptors (Lipinski definition) is 5. The largest absolute Gasteiger partial charge is 0.483 e. The molecule has 1 fully saturated rings. The Morgan fingerprint density at radius 3 is 2.78 bits per heavy atom. The molecule has 1 aliphatic rings. The van der Waals surface area contributed by atoms with Gasteiger partial charge in [0, 0.05) is 10.0 Å². The third kappa shape index (κ3) is 4.52. The second-order valence-corrected chi connectivity index (χ2v) is 8.35. The quantitative estimate of drug-likeness (QED) is 0.505. The van der Waals surface area contributed by atoms with Crippen LogP contribution in [0, 0.1) is 0 Å². The first-order valence-electron chi connectivity index (χ1n) is 7.60. The van der Waals surface area contributed by atoms with Gasteiger partial charge in [0.2, 0.25) is 0 Å². The van der Waals surface area contributed by atoms with E-state index in [1.54, 1.807) is 48.5 Å². The number of nitrogens with two attached hydrogens (primary N) is 1. The number of primary amides is 1. The van der Waals surface area contributed by atoms with Gasteiger partial charge in [-0.05, 0) is 46.3 Å². The number of thiocarbonyl (C=S) groups is 1. The third-order valence-electron chi connectivity index (χ3n) is 3.53. The van der Waals surface area contributed by atoms with Crippen LogP contribution in [-0.2, 0) is 9.59 Å². The first kappa shape index (κ1) is 19.9. The Hall–Kier alpha value is -1.87. The van der Waals surface area contributed by atoms with Crippen LogP contribution in [-0.4, -0.2) is 22.7 Å². The number of benzene rings is 2. The summed E-state index contributed by atoms with van der Waals surface area (Å²) in [5, 5.41) is 0.482. The summed E-state index contributed by atoms with van der Waals surface area (Å²) < 4.78 is 6.54. The van der Waals surface area contributed by atoms with Crippen molar-refractivity contribution in [1.82, 2.24) is 0 Å². The maximum atomic E-state index is 12.9. The average Bonchev–Trinajstić information content (AvgIpc) is 2.90. The van der Waals surface area contributed by atoms with Crippen molar-refractivity contribution in [3.63, 3.8) is 0 Å². The fraction of sp³-hybridized carbons (Fsp3) is 0.0556. The van der Waals surface area contributed by atoms with Gasteiger partial charge in [-0.15, -0.1) is 0 Å². The minimum absolute atomic E-state index is 0.247. The van der Waals surface area contributed by atoms with Gasteiger partial charge in [0.1, 0.15) is 5.75 Å². The van der Waals surface area contributed by atoms with Crippen molar-refractivity contribution in [2.45, 2.75) is 0 Å². The van der Waals surface area contributed by atoms with Crippen LogP contribution in [0.3, 0.4) is 0 Å². The standard InChI is InChI=1S/C18H12BrClN2O3S2/c19-12-6-5-11(8-13(12)20)22-17(24)15(27-18(22)26)7-10-3-1-2-4-14(10)25-9-16(21)23/h1-8H,9H2,(H2,21,23). The summed E-state index contributed by atoms with van der Waals surface area (Å²) in [4.78, 5) is 25.7. The normalized spacial score (nSPS) is 15.5. The summed E-state index contributed by atoms with van der Waals surface area (Å²) >= 11 is 16.0. The summed E-state index contributed by atoms with van der Waals surface area (Å²) in [5.74, 6) is -0.385. The van der Waals surface area contributed by atoms with E-state index in [0.717, 1.165) is 4.47 Å². The van der Waals surface area contributed by atoms with E-state index in [1.807, 2.05) is 0 Å². The van der Waals surface area contributed by atoms with Crippen molar-refractivity contribution in [1.29, 1.82) is 0 Å². The molecule has 0 spiro atoms. The molecule has 0 atom stereocenters. The van der Waals surface area contributed by atoms with Crippen LogP contribution in [0.2, 0.25) is 5.02 Å². The molecule has 0 radical (unpaired) electrons. The van der Waals surface area contributed by atoms with Crippen molar-refractivity contribution in [2.24, 2.45) is 5.73 Å². The molecule has 2 aromatic rings. The van der Waals surface area contributed by atoms with Crippen LogP contribution in [0.5, 0.6) is 5.75 Å². The summed E-state index contributed by atoms with van der Waals surface area (Å²) in [7, 11) is 0. The Balaban J connectivity index is 1.91. The Bertz CT molecular complexity index is 981. The van der Waals surface area contributed by atoms with Crippen molar-refractivity contribution in [3.05, 3.63) is 62.4 Å². The molecule has 0 bridgehead atoms. The number of amides is 2. The van der Waals surface area contributed by atoms with Crippen LogP contribution in [0.25, 0.3) is 6.08 Å². The zero-order valence-corrected chi connectivity index (χ0v) is 17.6. The Kier molecular flexibility index (Phi) is 6.21. The lowest BCUT2D eigenvalue weighted by atomic mass is 10.2.